The summed E-state index contributed by atoms with van der Waals surface area (Å²) >= 11 is 0. The van der Waals surface area contributed by atoms with Gasteiger partial charge < -0.3 is 30.1 Å². The second-order valence-corrected chi connectivity index (χ2v) is 11.7. The van der Waals surface area contributed by atoms with Gasteiger partial charge >= 0.3 is 35.0 Å². The normalized spacial score (nSPS) is 24.0. The Morgan fingerprint density at radius 2 is 1.69 bits per heavy atom. The first kappa shape index (κ1) is 32.4. The van der Waals surface area contributed by atoms with Crippen LogP contribution in [0, 0.1) is 38.5 Å². The fraction of sp³-hybridized carbons (Fsp3) is 0.343. The van der Waals surface area contributed by atoms with Gasteiger partial charge in [0, 0.05) is 12.0 Å². The van der Waals surface area contributed by atoms with E-state index in [0.717, 1.165) is 50.8 Å². The van der Waals surface area contributed by atoms with Crippen molar-refractivity contribution < 1.29 is 24.2 Å². The van der Waals surface area contributed by atoms with Gasteiger partial charge in [-0.05, 0) is 51.0 Å². The Kier molecular flexibility index (Phi) is 8.67. The molecule has 3 aliphatic rings. The van der Waals surface area contributed by atoms with Crippen molar-refractivity contribution in [1.29, 1.82) is 0 Å². The van der Waals surface area contributed by atoms with Gasteiger partial charge in [-0.1, -0.05) is 72.6 Å². The van der Waals surface area contributed by atoms with E-state index in [1.165, 1.54) is 7.11 Å². The Morgan fingerprint density at radius 3 is 2.33 bits per heavy atom. The molecule has 3 atom stereocenters. The first-order chi connectivity index (χ1) is 21.0. The van der Waals surface area contributed by atoms with E-state index in [4.69, 9.17) is 25.0 Å². The summed E-state index contributed by atoms with van der Waals surface area (Å²) in [5.41, 5.74) is 9.03. The van der Waals surface area contributed by atoms with E-state index < -0.39 is 17.9 Å². The third kappa shape index (κ3) is 5.04. The summed E-state index contributed by atoms with van der Waals surface area (Å²) in [6.45, 7) is 14.0. The summed E-state index contributed by atoms with van der Waals surface area (Å²) in [6, 6.07) is 0. The molecule has 0 saturated carbocycles. The quantitative estimate of drug-likeness (QED) is 0.253. The van der Waals surface area contributed by atoms with Crippen molar-refractivity contribution in [2.24, 2.45) is 17.8 Å². The van der Waals surface area contributed by atoms with E-state index in [1.54, 1.807) is 6.08 Å². The number of methoxy groups -OCH3 is 1. The molecule has 5 heterocycles. The molecule has 0 spiro atoms. The van der Waals surface area contributed by atoms with Gasteiger partial charge in [0.2, 0.25) is 0 Å². The molecule has 228 valence electrons. The van der Waals surface area contributed by atoms with Crippen LogP contribution in [0.3, 0.4) is 0 Å². The number of carbonyl (C=O) groups is 3. The molecule has 0 radical (unpaired) electrons. The molecule has 3 aromatic heterocycles. The monoisotopic (exact) mass is 614 g/mol. The molecule has 8 bridgehead atoms. The van der Waals surface area contributed by atoms with E-state index in [9.17, 15) is 19.5 Å². The Bertz CT molecular complexity index is 1970. The number of nitrogens with zero attached hydrogens (tertiary/aromatic N) is 4. The van der Waals surface area contributed by atoms with E-state index in [0.29, 0.717) is 39.5 Å². The molecular weight excluding hydrogens is 581 g/mol. The van der Waals surface area contributed by atoms with Gasteiger partial charge in [-0.25, -0.2) is 0 Å². The zero-order chi connectivity index (χ0) is 31.6. The maximum Gasteiger partial charge on any atom is 2.00 e. The number of fused-ring (bicyclic) bond motifs is 7. The Labute approximate surface area is 277 Å². The van der Waals surface area contributed by atoms with Gasteiger partial charge in [0.25, 0.3) is 0 Å². The van der Waals surface area contributed by atoms with Crippen molar-refractivity contribution in [3.05, 3.63) is 90.1 Å². The Hall–Kier alpha value is -4.02. The summed E-state index contributed by atoms with van der Waals surface area (Å²) in [5.74, 6) is -3.82. The van der Waals surface area contributed by atoms with Gasteiger partial charge in [-0.3, -0.25) is 14.4 Å². The number of ether oxygens (including phenoxy) is 1. The first-order valence-electron chi connectivity index (χ1n) is 14.8. The van der Waals surface area contributed by atoms with Crippen LogP contribution in [0.2, 0.25) is 0 Å². The molecule has 10 heteroatoms. The fourth-order valence-electron chi connectivity index (χ4n) is 6.93. The molecule has 6 rings (SSSR count). The van der Waals surface area contributed by atoms with Crippen LogP contribution in [0.5, 0.6) is 0 Å². The largest absolute Gasteiger partial charge is 2.00 e. The second-order valence-electron chi connectivity index (χ2n) is 11.7. The van der Waals surface area contributed by atoms with Crippen LogP contribution in [-0.2, 0) is 20.7 Å². The van der Waals surface area contributed by atoms with Crippen molar-refractivity contribution in [3.63, 3.8) is 0 Å². The standard InChI is InChI=1S/C35H36N4O5.Mg/c1-8-19-15(3)22-12-24-17(5)21(10-11-28(40)41)32(38-24)30-31(35(43)44-7)34(42)29-18(6)25(39-33(29)30)14-27-20(9-2)16(4)23(37-27)13-26(19)36-22;/h8,12-14,17,21,31H,1,9-11H2,2-7H3,(H3,38,39,40,41,42);/q-2;+2/p-2/b23-13-,24-12+,27-14-;/t17-,21-,31+;/m0./s1. The average Bonchev–Trinajstić information content (AvgIpc) is 3.72. The van der Waals surface area contributed by atoms with Crippen molar-refractivity contribution in [2.75, 3.05) is 7.11 Å². The molecule has 1 N–H and O–H groups in total. The van der Waals surface area contributed by atoms with E-state index in [2.05, 4.69) is 13.5 Å². The van der Waals surface area contributed by atoms with E-state index >= 15 is 0 Å². The van der Waals surface area contributed by atoms with Crippen LogP contribution in [0.4, 0.5) is 0 Å². The first-order valence-corrected chi connectivity index (χ1v) is 14.8. The minimum absolute atomic E-state index is 0. The number of rotatable bonds is 6. The van der Waals surface area contributed by atoms with Gasteiger partial charge in [-0.15, -0.1) is 33.5 Å². The smallest absolute Gasteiger partial charge is 0.664 e. The second kappa shape index (κ2) is 12.1. The zero-order valence-electron chi connectivity index (χ0n) is 26.4. The molecule has 3 aromatic rings. The Morgan fingerprint density at radius 1 is 1.00 bits per heavy atom. The van der Waals surface area contributed by atoms with E-state index in [1.807, 2.05) is 45.9 Å². The molecule has 0 amide bonds. The predicted octanol–water partition coefficient (Wildman–Crippen LogP) is 3.52. The summed E-state index contributed by atoms with van der Waals surface area (Å²) in [5, 5.41) is 16.2. The van der Waals surface area contributed by atoms with Gasteiger partial charge in [0.1, 0.15) is 5.92 Å². The van der Waals surface area contributed by atoms with Gasteiger partial charge in [0.15, 0.2) is 5.78 Å². The van der Waals surface area contributed by atoms with Gasteiger partial charge in [-0.2, -0.15) is 11.4 Å². The molecule has 2 aliphatic heterocycles. The van der Waals surface area contributed by atoms with E-state index in [-0.39, 0.29) is 53.5 Å². The van der Waals surface area contributed by atoms with Gasteiger partial charge in [0.05, 0.1) is 7.11 Å². The van der Waals surface area contributed by atoms with Crippen molar-refractivity contribution >= 4 is 70.7 Å². The number of allylic oxidation sites excluding steroid dienone is 2. The topological polar surface area (TPSA) is 137 Å². The molecule has 45 heavy (non-hydrogen) atoms. The zero-order valence-corrected chi connectivity index (χ0v) is 27.9. The van der Waals surface area contributed by atoms with Crippen LogP contribution in [0.25, 0.3) is 35.2 Å². The molecule has 9 nitrogen and oxygen atoms in total. The van der Waals surface area contributed by atoms with Crippen LogP contribution in [0.15, 0.2) is 18.0 Å². The number of carbonyl (C=O) groups excluding carboxylic acids is 2. The average molecular weight is 615 g/mol. The maximum absolute atomic E-state index is 14.0. The number of hydrogen-bond acceptors (Lipinski definition) is 4. The number of aromatic nitrogens is 3. The molecular formula is C35H34MgN4O5-2. The summed E-state index contributed by atoms with van der Waals surface area (Å²) in [6.07, 6.45) is 8.51. The number of aliphatic carboxylic acids is 1. The molecule has 1 saturated heterocycles. The number of carboxylic acid groups (broad SMARTS) is 1. The molecule has 1 fully saturated rings. The number of carboxylic acids is 1. The minimum Gasteiger partial charge on any atom is -0.664 e. The summed E-state index contributed by atoms with van der Waals surface area (Å²) < 4.78 is 5.11. The van der Waals surface area contributed by atoms with Crippen molar-refractivity contribution in [1.82, 2.24) is 15.0 Å². The molecule has 0 unspecified atom stereocenters. The summed E-state index contributed by atoms with van der Waals surface area (Å²) in [4.78, 5) is 53.8. The number of hydrogen-bond donors (Lipinski definition) is 1. The molecule has 0 aromatic carbocycles. The predicted molar refractivity (Wildman–Crippen MR) is 173 cm³/mol. The van der Waals surface area contributed by atoms with Crippen molar-refractivity contribution in [3.8, 4) is 0 Å². The third-order valence-electron chi connectivity index (χ3n) is 9.41. The Balaban J connectivity index is 0.00000400. The molecule has 1 aliphatic carbocycles. The number of ketones is 1. The number of esters is 1. The summed E-state index contributed by atoms with van der Waals surface area (Å²) in [7, 11) is 1.25. The van der Waals surface area contributed by atoms with Crippen LogP contribution in [-0.4, -0.2) is 53.0 Å². The van der Waals surface area contributed by atoms with Crippen molar-refractivity contribution in [2.45, 2.75) is 53.9 Å². The third-order valence-corrected chi connectivity index (χ3v) is 9.41. The van der Waals surface area contributed by atoms with Crippen LogP contribution < -0.4 is 25.7 Å². The SMILES string of the molecule is C=Cc1c2[n-]c(c1C)/C=C1/[N-]/C(=C3\c4[n-]c(c(C)c4C(=O)[C@@H]3C(=O)OC)/C=c3\[n-]/c(c(C)c3CC)=C\2)[C@@H](CCC(=O)O)[C@@H]1C.[Mg+2]. The minimum atomic E-state index is -1.23. The maximum atomic E-state index is 14.0. The van der Waals surface area contributed by atoms with Crippen LogP contribution in [0.1, 0.15) is 87.6 Å². The number of Topliss-reactive ketones (excluding diaryl/α,β-unsaturated/α-hetero) is 1. The fourth-order valence-corrected chi connectivity index (χ4v) is 6.93. The van der Waals surface area contributed by atoms with Crippen LogP contribution >= 0.6 is 0 Å².